The lowest BCUT2D eigenvalue weighted by Crippen LogP contribution is -1.96. The van der Waals surface area contributed by atoms with Crippen LogP contribution in [-0.2, 0) is 0 Å². The van der Waals surface area contributed by atoms with Crippen molar-refractivity contribution in [1.82, 2.24) is 14.5 Å². The average molecular weight is 520 g/mol. The van der Waals surface area contributed by atoms with Gasteiger partial charge in [0.05, 0.1) is 16.7 Å². The average Bonchev–Trinajstić information content (AvgIpc) is 3.53. The number of fused-ring (bicyclic) bond motifs is 7. The summed E-state index contributed by atoms with van der Waals surface area (Å²) in [5, 5.41) is 5.01. The van der Waals surface area contributed by atoms with Gasteiger partial charge >= 0.3 is 0 Å². The third-order valence-corrected chi connectivity index (χ3v) is 8.36. The van der Waals surface area contributed by atoms with Gasteiger partial charge in [0.1, 0.15) is 17.3 Å². The van der Waals surface area contributed by atoms with E-state index in [1.807, 2.05) is 72.1 Å². The van der Waals surface area contributed by atoms with E-state index >= 15 is 0 Å². The highest BCUT2D eigenvalue weighted by atomic mass is 32.1. The second-order valence-electron chi connectivity index (χ2n) is 9.48. The van der Waals surface area contributed by atoms with Crippen LogP contribution in [0, 0.1) is 0 Å². The number of ether oxygens (including phenoxy) is 1. The molecule has 0 fully saturated rings. The van der Waals surface area contributed by atoms with Crippen molar-refractivity contribution in [1.29, 1.82) is 0 Å². The fraction of sp³-hybridized carbons (Fsp3) is 0. The maximum Gasteiger partial charge on any atom is 0.137 e. The second-order valence-corrected chi connectivity index (χ2v) is 10.5. The first kappa shape index (κ1) is 22.0. The van der Waals surface area contributed by atoms with Gasteiger partial charge in [-0.1, -0.05) is 48.5 Å². The molecule has 4 heterocycles. The molecule has 0 bridgehead atoms. The van der Waals surface area contributed by atoms with Crippen molar-refractivity contribution < 1.29 is 4.74 Å². The number of thiophene rings is 1. The van der Waals surface area contributed by atoms with Crippen molar-refractivity contribution in [3.63, 3.8) is 0 Å². The van der Waals surface area contributed by atoms with Crippen molar-refractivity contribution in [3.05, 3.63) is 128 Å². The predicted octanol–water partition coefficient (Wildman–Crippen LogP) is 9.40. The lowest BCUT2D eigenvalue weighted by molar-refractivity contribution is 0.483. The third kappa shape index (κ3) is 3.59. The van der Waals surface area contributed by atoms with Gasteiger partial charge in [-0.25, -0.2) is 4.98 Å². The first-order chi connectivity index (χ1) is 19.3. The third-order valence-electron chi connectivity index (χ3n) is 7.15. The van der Waals surface area contributed by atoms with Crippen LogP contribution in [0.2, 0.25) is 0 Å². The van der Waals surface area contributed by atoms with Gasteiger partial charge < -0.3 is 4.74 Å². The van der Waals surface area contributed by atoms with Crippen LogP contribution in [0.25, 0.3) is 59.1 Å². The molecule has 0 radical (unpaired) electrons. The molecule has 184 valence electrons. The van der Waals surface area contributed by atoms with Gasteiger partial charge in [0, 0.05) is 55.0 Å². The summed E-state index contributed by atoms with van der Waals surface area (Å²) in [6, 6.07) is 39.5. The highest BCUT2D eigenvalue weighted by molar-refractivity contribution is 7.26. The monoisotopic (exact) mass is 519 g/mol. The Bertz CT molecular complexity index is 2150. The Hall–Kier alpha value is -5.00. The molecule has 0 amide bonds. The molecule has 8 rings (SSSR count). The van der Waals surface area contributed by atoms with Gasteiger partial charge in [-0.05, 0) is 60.7 Å². The Morgan fingerprint density at radius 3 is 2.28 bits per heavy atom. The van der Waals surface area contributed by atoms with E-state index in [1.165, 1.54) is 30.9 Å². The van der Waals surface area contributed by atoms with E-state index in [0.717, 1.165) is 39.6 Å². The molecule has 4 nitrogen and oxygen atoms in total. The summed E-state index contributed by atoms with van der Waals surface area (Å²) >= 11 is 1.85. The number of benzene rings is 4. The van der Waals surface area contributed by atoms with E-state index in [1.54, 1.807) is 6.20 Å². The molecule has 4 aromatic heterocycles. The molecule has 5 heteroatoms. The van der Waals surface area contributed by atoms with Crippen LogP contribution < -0.4 is 4.74 Å². The van der Waals surface area contributed by atoms with Gasteiger partial charge in [0.15, 0.2) is 0 Å². The molecule has 0 atom stereocenters. The fourth-order valence-corrected chi connectivity index (χ4v) is 6.71. The maximum absolute atomic E-state index is 6.41. The van der Waals surface area contributed by atoms with Crippen LogP contribution in [0.15, 0.2) is 128 Å². The minimum Gasteiger partial charge on any atom is -0.457 e. The highest BCUT2D eigenvalue weighted by Gasteiger charge is 2.18. The minimum atomic E-state index is 0.768. The van der Waals surface area contributed by atoms with Crippen molar-refractivity contribution in [2.24, 2.45) is 0 Å². The van der Waals surface area contributed by atoms with E-state index in [4.69, 9.17) is 9.72 Å². The molecule has 0 unspecified atom stereocenters. The van der Waals surface area contributed by atoms with Gasteiger partial charge in [0.25, 0.3) is 0 Å². The Morgan fingerprint density at radius 2 is 1.41 bits per heavy atom. The molecular formula is C34H21N3OS. The summed E-state index contributed by atoms with van der Waals surface area (Å²) < 4.78 is 11.2. The molecule has 4 aromatic carbocycles. The van der Waals surface area contributed by atoms with Crippen molar-refractivity contribution >= 4 is 53.3 Å². The summed E-state index contributed by atoms with van der Waals surface area (Å²) in [5.74, 6) is 2.42. The standard InChI is InChI=1S/C34H21N3OS/c1-2-12-31-25(10-1)26-16-17-29-33(34(26)39-31)27-15-14-24(21-30(27)37(29)32-13-4-6-19-36-32)38-23-9-7-8-22(20-23)28-11-3-5-18-35-28/h1-21H. The second kappa shape index (κ2) is 8.79. The molecule has 0 aliphatic carbocycles. The van der Waals surface area contributed by atoms with Crippen LogP contribution in [0.1, 0.15) is 0 Å². The molecule has 0 aliphatic rings. The number of aromatic nitrogens is 3. The smallest absolute Gasteiger partial charge is 0.137 e. The van der Waals surface area contributed by atoms with Gasteiger partial charge in [-0.15, -0.1) is 11.3 Å². The van der Waals surface area contributed by atoms with Gasteiger partial charge in [-0.3, -0.25) is 9.55 Å². The number of nitrogens with zero attached hydrogens (tertiary/aromatic N) is 3. The van der Waals surface area contributed by atoms with E-state index < -0.39 is 0 Å². The van der Waals surface area contributed by atoms with Crippen molar-refractivity contribution in [3.8, 4) is 28.6 Å². The molecule has 39 heavy (non-hydrogen) atoms. The van der Waals surface area contributed by atoms with Crippen molar-refractivity contribution in [2.75, 3.05) is 0 Å². The van der Waals surface area contributed by atoms with Crippen LogP contribution in [-0.4, -0.2) is 14.5 Å². The predicted molar refractivity (Wildman–Crippen MR) is 161 cm³/mol. The Balaban J connectivity index is 1.34. The lowest BCUT2D eigenvalue weighted by atomic mass is 10.1. The van der Waals surface area contributed by atoms with E-state index in [2.05, 4.69) is 70.2 Å². The first-order valence-corrected chi connectivity index (χ1v) is 13.6. The summed E-state index contributed by atoms with van der Waals surface area (Å²) in [4.78, 5) is 9.20. The first-order valence-electron chi connectivity index (χ1n) is 12.8. The fourth-order valence-electron chi connectivity index (χ4n) is 5.45. The van der Waals surface area contributed by atoms with E-state index in [0.29, 0.717) is 0 Å². The van der Waals surface area contributed by atoms with Crippen LogP contribution in [0.3, 0.4) is 0 Å². The summed E-state index contributed by atoms with van der Waals surface area (Å²) in [6.45, 7) is 0. The van der Waals surface area contributed by atoms with Crippen LogP contribution in [0.4, 0.5) is 0 Å². The van der Waals surface area contributed by atoms with Crippen molar-refractivity contribution in [2.45, 2.75) is 0 Å². The zero-order valence-corrected chi connectivity index (χ0v) is 21.6. The zero-order valence-electron chi connectivity index (χ0n) is 20.8. The van der Waals surface area contributed by atoms with Gasteiger partial charge in [0.2, 0.25) is 0 Å². The van der Waals surface area contributed by atoms with Crippen LogP contribution in [0.5, 0.6) is 11.5 Å². The normalized spacial score (nSPS) is 11.6. The summed E-state index contributed by atoms with van der Waals surface area (Å²) in [6.07, 6.45) is 3.65. The Morgan fingerprint density at radius 1 is 0.590 bits per heavy atom. The number of rotatable bonds is 4. The Kier molecular flexibility index (Phi) is 4.96. The molecule has 8 aromatic rings. The maximum atomic E-state index is 6.41. The molecular weight excluding hydrogens is 498 g/mol. The SMILES string of the molecule is c1ccc(-c2cccc(Oc3ccc4c5c6sc7ccccc7c6ccc5n(-c5ccccn5)c4c3)c2)nc1. The minimum absolute atomic E-state index is 0.768. The number of pyridine rings is 2. The van der Waals surface area contributed by atoms with Crippen LogP contribution >= 0.6 is 11.3 Å². The summed E-state index contributed by atoms with van der Waals surface area (Å²) in [5.41, 5.74) is 4.13. The summed E-state index contributed by atoms with van der Waals surface area (Å²) in [7, 11) is 0. The van der Waals surface area contributed by atoms with E-state index in [9.17, 15) is 0 Å². The molecule has 0 spiro atoms. The molecule has 0 saturated carbocycles. The Labute approximate surface area is 228 Å². The largest absolute Gasteiger partial charge is 0.457 e. The number of hydrogen-bond donors (Lipinski definition) is 0. The number of hydrogen-bond acceptors (Lipinski definition) is 4. The highest BCUT2D eigenvalue weighted by Crippen LogP contribution is 2.44. The molecule has 0 aliphatic heterocycles. The quantitative estimate of drug-likeness (QED) is 0.232. The van der Waals surface area contributed by atoms with E-state index in [-0.39, 0.29) is 0 Å². The lowest BCUT2D eigenvalue weighted by Gasteiger charge is -2.10. The zero-order chi connectivity index (χ0) is 25.8. The topological polar surface area (TPSA) is 39.9 Å². The molecule has 0 saturated heterocycles. The molecule has 0 N–H and O–H groups in total. The van der Waals surface area contributed by atoms with Gasteiger partial charge in [-0.2, -0.15) is 0 Å².